The van der Waals surface area contributed by atoms with Gasteiger partial charge in [-0.1, -0.05) is 34.1 Å². The summed E-state index contributed by atoms with van der Waals surface area (Å²) >= 11 is 3.41. The minimum absolute atomic E-state index is 0.000660. The van der Waals surface area contributed by atoms with E-state index in [1.807, 2.05) is 49.4 Å². The highest BCUT2D eigenvalue weighted by atomic mass is 79.9. The Labute approximate surface area is 146 Å². The number of halogens is 1. The van der Waals surface area contributed by atoms with Crippen molar-refractivity contribution in [1.82, 2.24) is 5.32 Å². The minimum atomic E-state index is -0.0451. The maximum atomic E-state index is 12.1. The molecule has 0 radical (unpaired) electrons. The second-order valence-electron chi connectivity index (χ2n) is 5.83. The number of carbonyl (C=O) groups is 1. The van der Waals surface area contributed by atoms with Crippen LogP contribution in [0.25, 0.3) is 0 Å². The van der Waals surface area contributed by atoms with Crippen LogP contribution in [-0.2, 0) is 11.2 Å². The number of hydrogen-bond acceptors (Lipinski definition) is 2. The van der Waals surface area contributed by atoms with Crippen LogP contribution in [0, 0.1) is 13.8 Å². The molecule has 122 valence electrons. The van der Waals surface area contributed by atoms with Crippen LogP contribution in [0.15, 0.2) is 46.9 Å². The number of rotatable bonds is 6. The highest BCUT2D eigenvalue weighted by molar-refractivity contribution is 9.10. The van der Waals surface area contributed by atoms with Crippen LogP contribution >= 0.6 is 15.9 Å². The molecule has 0 fully saturated rings. The van der Waals surface area contributed by atoms with Crippen LogP contribution in [0.1, 0.15) is 23.6 Å². The van der Waals surface area contributed by atoms with Gasteiger partial charge in [0, 0.05) is 4.47 Å². The number of ether oxygens (including phenoxy) is 1. The lowest BCUT2D eigenvalue weighted by Crippen LogP contribution is -2.37. The van der Waals surface area contributed by atoms with E-state index in [4.69, 9.17) is 4.74 Å². The van der Waals surface area contributed by atoms with Gasteiger partial charge >= 0.3 is 0 Å². The summed E-state index contributed by atoms with van der Waals surface area (Å²) in [4.78, 5) is 12.1. The van der Waals surface area contributed by atoms with E-state index in [0.29, 0.717) is 13.0 Å². The van der Waals surface area contributed by atoms with Crippen LogP contribution in [-0.4, -0.2) is 18.6 Å². The first-order valence-electron chi connectivity index (χ1n) is 7.68. The van der Waals surface area contributed by atoms with Crippen molar-refractivity contribution in [3.05, 3.63) is 63.6 Å². The lowest BCUT2D eigenvalue weighted by Gasteiger charge is -2.16. The third-order valence-electron chi connectivity index (χ3n) is 3.64. The Morgan fingerprint density at radius 2 is 1.96 bits per heavy atom. The van der Waals surface area contributed by atoms with Crippen molar-refractivity contribution in [2.75, 3.05) is 6.61 Å². The third-order valence-corrected chi connectivity index (χ3v) is 4.13. The van der Waals surface area contributed by atoms with E-state index >= 15 is 0 Å². The van der Waals surface area contributed by atoms with Gasteiger partial charge in [0.15, 0.2) is 0 Å². The SMILES string of the molecule is Cc1ccc(OCC(C)NC(=O)Cc2cccc(Br)c2)cc1C. The van der Waals surface area contributed by atoms with Crippen molar-refractivity contribution in [1.29, 1.82) is 0 Å². The lowest BCUT2D eigenvalue weighted by molar-refractivity contribution is -0.121. The molecular weight excluding hydrogens is 354 g/mol. The number of benzene rings is 2. The summed E-state index contributed by atoms with van der Waals surface area (Å²) in [6, 6.07) is 13.7. The van der Waals surface area contributed by atoms with E-state index in [1.165, 1.54) is 11.1 Å². The maximum Gasteiger partial charge on any atom is 0.224 e. The molecule has 0 spiro atoms. The molecule has 0 aliphatic rings. The fraction of sp³-hybridized carbons (Fsp3) is 0.316. The summed E-state index contributed by atoms with van der Waals surface area (Å²) in [7, 11) is 0. The first-order chi connectivity index (χ1) is 10.9. The molecule has 0 heterocycles. The molecule has 0 aromatic heterocycles. The van der Waals surface area contributed by atoms with Gasteiger partial charge in [-0.2, -0.15) is 0 Å². The van der Waals surface area contributed by atoms with Crippen LogP contribution in [0.2, 0.25) is 0 Å². The molecule has 4 heteroatoms. The molecule has 0 saturated carbocycles. The van der Waals surface area contributed by atoms with Gasteiger partial charge in [0.05, 0.1) is 12.5 Å². The smallest absolute Gasteiger partial charge is 0.224 e. The van der Waals surface area contributed by atoms with Gasteiger partial charge in [-0.15, -0.1) is 0 Å². The van der Waals surface area contributed by atoms with Gasteiger partial charge in [0.25, 0.3) is 0 Å². The summed E-state index contributed by atoms with van der Waals surface area (Å²) in [6.45, 7) is 6.53. The number of aryl methyl sites for hydroxylation is 2. The maximum absolute atomic E-state index is 12.1. The van der Waals surface area contributed by atoms with Crippen LogP contribution in [0.3, 0.4) is 0 Å². The van der Waals surface area contributed by atoms with Crippen molar-refractivity contribution < 1.29 is 9.53 Å². The average molecular weight is 376 g/mol. The summed E-state index contributed by atoms with van der Waals surface area (Å²) in [5.74, 6) is 0.834. The largest absolute Gasteiger partial charge is 0.491 e. The van der Waals surface area contributed by atoms with Gasteiger partial charge in [-0.25, -0.2) is 0 Å². The van der Waals surface area contributed by atoms with E-state index in [1.54, 1.807) is 0 Å². The molecule has 0 saturated heterocycles. The summed E-state index contributed by atoms with van der Waals surface area (Å²) in [5, 5.41) is 2.96. The standard InChI is InChI=1S/C19H22BrNO2/c1-13-7-8-18(9-14(13)2)23-12-15(3)21-19(22)11-16-5-4-6-17(20)10-16/h4-10,15H,11-12H2,1-3H3,(H,21,22). The average Bonchev–Trinajstić information content (AvgIpc) is 2.48. The van der Waals surface area contributed by atoms with Gasteiger partial charge in [0.2, 0.25) is 5.91 Å². The second kappa shape index (κ2) is 8.16. The zero-order chi connectivity index (χ0) is 16.8. The molecule has 2 aromatic carbocycles. The summed E-state index contributed by atoms with van der Waals surface area (Å²) < 4.78 is 6.73. The summed E-state index contributed by atoms with van der Waals surface area (Å²) in [6.07, 6.45) is 0.368. The quantitative estimate of drug-likeness (QED) is 0.821. The number of amides is 1. The number of nitrogens with one attached hydrogen (secondary N) is 1. The molecule has 0 aliphatic heterocycles. The van der Waals surface area contributed by atoms with Crippen molar-refractivity contribution in [2.45, 2.75) is 33.2 Å². The molecule has 0 aliphatic carbocycles. The Kier molecular flexibility index (Phi) is 6.22. The molecular formula is C19H22BrNO2. The van der Waals surface area contributed by atoms with Gasteiger partial charge < -0.3 is 10.1 Å². The monoisotopic (exact) mass is 375 g/mol. The molecule has 2 rings (SSSR count). The third kappa shape index (κ3) is 5.71. The Morgan fingerprint density at radius 3 is 2.65 bits per heavy atom. The predicted octanol–water partition coefficient (Wildman–Crippen LogP) is 4.19. The van der Waals surface area contributed by atoms with Gasteiger partial charge in [-0.05, 0) is 61.7 Å². The molecule has 1 atom stereocenters. The fourth-order valence-electron chi connectivity index (χ4n) is 2.22. The van der Waals surface area contributed by atoms with Crippen LogP contribution in [0.5, 0.6) is 5.75 Å². The number of hydrogen-bond donors (Lipinski definition) is 1. The highest BCUT2D eigenvalue weighted by Gasteiger charge is 2.09. The van der Waals surface area contributed by atoms with Crippen molar-refractivity contribution in [2.24, 2.45) is 0 Å². The molecule has 2 aromatic rings. The Hall–Kier alpha value is -1.81. The van der Waals surface area contributed by atoms with Gasteiger partial charge in [0.1, 0.15) is 12.4 Å². The van der Waals surface area contributed by atoms with Gasteiger partial charge in [-0.3, -0.25) is 4.79 Å². The molecule has 3 nitrogen and oxygen atoms in total. The topological polar surface area (TPSA) is 38.3 Å². The van der Waals surface area contributed by atoms with E-state index in [9.17, 15) is 4.79 Å². The first-order valence-corrected chi connectivity index (χ1v) is 8.47. The van der Waals surface area contributed by atoms with E-state index in [2.05, 4.69) is 35.1 Å². The Bertz CT molecular complexity index is 685. The Balaban J connectivity index is 1.80. The summed E-state index contributed by atoms with van der Waals surface area (Å²) in [5.41, 5.74) is 3.43. The molecule has 1 N–H and O–H groups in total. The second-order valence-corrected chi connectivity index (χ2v) is 6.75. The molecule has 0 bridgehead atoms. The van der Waals surface area contributed by atoms with Crippen molar-refractivity contribution in [3.63, 3.8) is 0 Å². The Morgan fingerprint density at radius 1 is 1.17 bits per heavy atom. The lowest BCUT2D eigenvalue weighted by atomic mass is 10.1. The minimum Gasteiger partial charge on any atom is -0.491 e. The van der Waals surface area contributed by atoms with E-state index < -0.39 is 0 Å². The van der Waals surface area contributed by atoms with E-state index in [0.717, 1.165) is 15.8 Å². The fourth-order valence-corrected chi connectivity index (χ4v) is 2.67. The molecule has 1 amide bonds. The van der Waals surface area contributed by atoms with Crippen molar-refractivity contribution >= 4 is 21.8 Å². The predicted molar refractivity (Wildman–Crippen MR) is 96.9 cm³/mol. The highest BCUT2D eigenvalue weighted by Crippen LogP contribution is 2.16. The zero-order valence-corrected chi connectivity index (χ0v) is 15.3. The number of carbonyl (C=O) groups excluding carboxylic acids is 1. The van der Waals surface area contributed by atoms with E-state index in [-0.39, 0.29) is 11.9 Å². The molecule has 23 heavy (non-hydrogen) atoms. The first kappa shape index (κ1) is 17.5. The molecule has 1 unspecified atom stereocenters. The normalized spacial score (nSPS) is 11.8. The van der Waals surface area contributed by atoms with Crippen LogP contribution < -0.4 is 10.1 Å². The zero-order valence-electron chi connectivity index (χ0n) is 13.7. The van der Waals surface area contributed by atoms with Crippen molar-refractivity contribution in [3.8, 4) is 5.75 Å². The van der Waals surface area contributed by atoms with Crippen LogP contribution in [0.4, 0.5) is 0 Å².